The first-order valence-corrected chi connectivity index (χ1v) is 16.4. The Balaban J connectivity index is 1.49. The van der Waals surface area contributed by atoms with Crippen LogP contribution in [-0.2, 0) is 23.8 Å². The summed E-state index contributed by atoms with van der Waals surface area (Å²) in [5.74, 6) is -3.55. The van der Waals surface area contributed by atoms with Crippen molar-refractivity contribution in [2.24, 2.45) is 27.9 Å². The molecule has 2 bridgehead atoms. The number of benzene rings is 2. The Kier molecular flexibility index (Phi) is 8.50. The molecule has 48 heavy (non-hydrogen) atoms. The Morgan fingerprint density at radius 1 is 0.979 bits per heavy atom. The number of nitrogens with two attached hydrogens (primary N) is 1. The molecule has 11 atom stereocenters. The van der Waals surface area contributed by atoms with Gasteiger partial charge in [0.15, 0.2) is 11.9 Å². The Hall–Kier alpha value is -3.45. The van der Waals surface area contributed by atoms with Crippen LogP contribution in [0.25, 0.3) is 0 Å². The number of aliphatic hydroxyl groups is 4. The molecular weight excluding hydrogens is 618 g/mol. The van der Waals surface area contributed by atoms with Crippen molar-refractivity contribution in [2.45, 2.75) is 95.7 Å². The molecule has 3 aliphatic carbocycles. The zero-order chi connectivity index (χ0) is 35.0. The molecule has 0 amide bonds. The molecule has 11 heteroatoms. The third-order valence-corrected chi connectivity index (χ3v) is 12.1. The standard InChI is InChI=1S/C37H45NO10/c1-19-22(47-33(44)28(41)26(38)20-12-8-6-9-13-20)17-37(45)31(48-32(43)21-14-10-7-11-15-21)29-35(4)18-46-24(35)16-23(39)36(29,5)30(42)27(40)25(19)34(37,2)3/h6-15,22-24,26-29,31,39-41,45H,16-18,38H2,1-5H3/t22-,23-,24?,26-,27+,28+,29?,31-,35+,36?,37+/m0/s1. The van der Waals surface area contributed by atoms with Crippen LogP contribution in [0.3, 0.4) is 0 Å². The molecule has 11 nitrogen and oxygen atoms in total. The van der Waals surface area contributed by atoms with E-state index in [0.29, 0.717) is 11.1 Å². The van der Waals surface area contributed by atoms with Gasteiger partial charge >= 0.3 is 11.9 Å². The lowest BCUT2D eigenvalue weighted by Crippen LogP contribution is -2.77. The van der Waals surface area contributed by atoms with Crippen LogP contribution in [0.2, 0.25) is 0 Å². The van der Waals surface area contributed by atoms with E-state index >= 15 is 0 Å². The largest absolute Gasteiger partial charge is 0.456 e. The summed E-state index contributed by atoms with van der Waals surface area (Å²) in [6, 6.07) is 15.6. The summed E-state index contributed by atoms with van der Waals surface area (Å²) in [6.07, 6.45) is -8.29. The summed E-state index contributed by atoms with van der Waals surface area (Å²) in [7, 11) is 0. The number of ketones is 1. The van der Waals surface area contributed by atoms with E-state index in [1.807, 2.05) is 6.92 Å². The topological polar surface area (TPSA) is 186 Å². The van der Waals surface area contributed by atoms with Crippen LogP contribution < -0.4 is 5.73 Å². The van der Waals surface area contributed by atoms with Crippen molar-refractivity contribution in [1.29, 1.82) is 0 Å². The maximum atomic E-state index is 14.6. The highest BCUT2D eigenvalue weighted by molar-refractivity contribution is 5.94. The summed E-state index contributed by atoms with van der Waals surface area (Å²) in [5, 5.41) is 47.7. The van der Waals surface area contributed by atoms with Gasteiger partial charge in [0.25, 0.3) is 0 Å². The van der Waals surface area contributed by atoms with E-state index in [0.717, 1.165) is 0 Å². The van der Waals surface area contributed by atoms with Gasteiger partial charge in [0.2, 0.25) is 0 Å². The molecule has 0 spiro atoms. The summed E-state index contributed by atoms with van der Waals surface area (Å²) in [5.41, 5.74) is 1.30. The average Bonchev–Trinajstić information content (AvgIpc) is 3.06. The third kappa shape index (κ3) is 4.89. The Morgan fingerprint density at radius 3 is 2.17 bits per heavy atom. The molecule has 6 N–H and O–H groups in total. The van der Waals surface area contributed by atoms with Gasteiger partial charge in [-0.2, -0.15) is 0 Å². The number of ether oxygens (including phenoxy) is 3. The quantitative estimate of drug-likeness (QED) is 0.226. The number of esters is 2. The first-order chi connectivity index (χ1) is 22.5. The minimum absolute atomic E-state index is 0.0886. The van der Waals surface area contributed by atoms with Crippen molar-refractivity contribution < 1.29 is 49.0 Å². The van der Waals surface area contributed by atoms with Gasteiger partial charge in [-0.15, -0.1) is 0 Å². The van der Waals surface area contributed by atoms with Gasteiger partial charge in [-0.3, -0.25) is 4.79 Å². The van der Waals surface area contributed by atoms with Crippen molar-refractivity contribution in [1.82, 2.24) is 0 Å². The molecule has 3 unspecified atom stereocenters. The molecule has 4 aliphatic rings. The predicted molar refractivity (Wildman–Crippen MR) is 172 cm³/mol. The molecule has 258 valence electrons. The lowest BCUT2D eigenvalue weighted by Gasteiger charge is -2.68. The maximum Gasteiger partial charge on any atom is 0.338 e. The Morgan fingerprint density at radius 2 is 1.58 bits per heavy atom. The minimum atomic E-state index is -2.07. The second-order valence-corrected chi connectivity index (χ2v) is 14.9. The van der Waals surface area contributed by atoms with E-state index in [2.05, 4.69) is 0 Å². The van der Waals surface area contributed by atoms with Gasteiger partial charge in [0.05, 0.1) is 35.8 Å². The Labute approximate surface area is 279 Å². The summed E-state index contributed by atoms with van der Waals surface area (Å²) < 4.78 is 18.1. The summed E-state index contributed by atoms with van der Waals surface area (Å²) in [6.45, 7) is 8.50. The van der Waals surface area contributed by atoms with Crippen molar-refractivity contribution in [3.63, 3.8) is 0 Å². The molecule has 2 aromatic carbocycles. The summed E-state index contributed by atoms with van der Waals surface area (Å²) >= 11 is 0. The van der Waals surface area contributed by atoms with Gasteiger partial charge in [-0.1, -0.05) is 69.3 Å². The van der Waals surface area contributed by atoms with Crippen LogP contribution in [0.15, 0.2) is 71.8 Å². The molecule has 0 radical (unpaired) electrons. The highest BCUT2D eigenvalue weighted by Crippen LogP contribution is 2.65. The van der Waals surface area contributed by atoms with Crippen molar-refractivity contribution in [3.05, 3.63) is 82.9 Å². The van der Waals surface area contributed by atoms with Crippen LogP contribution in [0.4, 0.5) is 0 Å². The fourth-order valence-electron chi connectivity index (χ4n) is 9.00. The van der Waals surface area contributed by atoms with E-state index in [9.17, 15) is 34.8 Å². The van der Waals surface area contributed by atoms with Crippen molar-refractivity contribution in [2.75, 3.05) is 6.61 Å². The smallest absolute Gasteiger partial charge is 0.338 e. The normalized spacial score (nSPS) is 38.2. The second kappa shape index (κ2) is 11.9. The number of Topliss-reactive ketones (excluding diaryl/α,β-unsaturated/α-hetero) is 1. The lowest BCUT2D eigenvalue weighted by atomic mass is 9.42. The van der Waals surface area contributed by atoms with Crippen LogP contribution in [0, 0.1) is 22.2 Å². The fourth-order valence-corrected chi connectivity index (χ4v) is 9.00. The van der Waals surface area contributed by atoms with Crippen molar-refractivity contribution >= 4 is 17.7 Å². The second-order valence-electron chi connectivity index (χ2n) is 14.9. The number of hydrogen-bond donors (Lipinski definition) is 5. The van der Waals surface area contributed by atoms with E-state index in [-0.39, 0.29) is 30.6 Å². The fraction of sp³-hybridized carbons (Fsp3) is 0.541. The van der Waals surface area contributed by atoms with Gasteiger partial charge in [-0.25, -0.2) is 9.59 Å². The highest BCUT2D eigenvalue weighted by Gasteiger charge is 2.75. The number of hydrogen-bond acceptors (Lipinski definition) is 11. The van der Waals surface area contributed by atoms with Gasteiger partial charge in [-0.05, 0) is 42.7 Å². The molecule has 2 aromatic rings. The van der Waals surface area contributed by atoms with Crippen molar-refractivity contribution in [3.8, 4) is 0 Å². The first kappa shape index (κ1) is 34.4. The lowest BCUT2D eigenvalue weighted by molar-refractivity contribution is -0.313. The van der Waals surface area contributed by atoms with Crippen LogP contribution >= 0.6 is 0 Å². The van der Waals surface area contributed by atoms with Crippen LogP contribution in [-0.4, -0.2) is 87.0 Å². The monoisotopic (exact) mass is 663 g/mol. The molecular formula is C37H45NO10. The molecule has 1 saturated heterocycles. The van der Waals surface area contributed by atoms with Crippen LogP contribution in [0.1, 0.15) is 69.4 Å². The molecule has 2 saturated carbocycles. The molecule has 1 aliphatic heterocycles. The average molecular weight is 664 g/mol. The maximum absolute atomic E-state index is 14.6. The highest BCUT2D eigenvalue weighted by atomic mass is 16.6. The van der Waals surface area contributed by atoms with E-state index in [4.69, 9.17) is 19.9 Å². The first-order valence-electron chi connectivity index (χ1n) is 16.4. The van der Waals surface area contributed by atoms with E-state index in [1.165, 1.54) is 0 Å². The number of carbonyl (C=O) groups excluding carboxylic acids is 3. The summed E-state index contributed by atoms with van der Waals surface area (Å²) in [4.78, 5) is 42.0. The zero-order valence-electron chi connectivity index (χ0n) is 27.8. The van der Waals surface area contributed by atoms with Gasteiger partial charge < -0.3 is 40.4 Å². The Bertz CT molecular complexity index is 1630. The molecule has 3 fully saturated rings. The van der Waals surface area contributed by atoms with Gasteiger partial charge in [0.1, 0.15) is 23.9 Å². The van der Waals surface area contributed by atoms with E-state index in [1.54, 1.807) is 88.4 Å². The van der Waals surface area contributed by atoms with Gasteiger partial charge in [0, 0.05) is 29.6 Å². The SMILES string of the molecule is CC1=C2[C@@H](O)C(=O)C3(C)C([C@H](OC(=O)c4ccccc4)[C@](O)(C[C@@H]1OC(=O)[C@H](O)[C@@H](N)c1ccccc1)C2(C)C)[C@]1(C)COC1C[C@@H]3O. The minimum Gasteiger partial charge on any atom is -0.456 e. The number of rotatable bonds is 6. The number of carbonyl (C=O) groups is 3. The predicted octanol–water partition coefficient (Wildman–Crippen LogP) is 2.40. The third-order valence-electron chi connectivity index (χ3n) is 12.1. The zero-order valence-corrected chi connectivity index (χ0v) is 27.8. The van der Waals surface area contributed by atoms with E-state index < -0.39 is 88.2 Å². The number of aliphatic hydroxyl groups excluding tert-OH is 3. The van der Waals surface area contributed by atoms with Crippen LogP contribution in [0.5, 0.6) is 0 Å². The molecule has 0 aromatic heterocycles. The molecule has 1 heterocycles. The molecule has 6 rings (SSSR count). The number of fused-ring (bicyclic) bond motifs is 5.